The summed E-state index contributed by atoms with van der Waals surface area (Å²) in [5, 5.41) is 9.87. The Morgan fingerprint density at radius 3 is 2.50 bits per heavy atom. The Morgan fingerprint density at radius 2 is 2.05 bits per heavy atom. The molecule has 0 atom stereocenters. The third-order valence-electron chi connectivity index (χ3n) is 2.58. The van der Waals surface area contributed by atoms with Crippen molar-refractivity contribution in [3.8, 4) is 10.7 Å². The SMILES string of the molecule is Cc1csc(-c2nnc(S(=O)(=O)Cl)n2CC(C)C)c1Cl. The highest BCUT2D eigenvalue weighted by Gasteiger charge is 2.25. The van der Waals surface area contributed by atoms with E-state index in [-0.39, 0.29) is 11.1 Å². The van der Waals surface area contributed by atoms with Crippen molar-refractivity contribution in [1.29, 1.82) is 0 Å². The van der Waals surface area contributed by atoms with Gasteiger partial charge in [-0.05, 0) is 23.8 Å². The van der Waals surface area contributed by atoms with Crippen LogP contribution < -0.4 is 0 Å². The lowest BCUT2D eigenvalue weighted by Gasteiger charge is -2.10. The van der Waals surface area contributed by atoms with E-state index in [1.807, 2.05) is 26.2 Å². The van der Waals surface area contributed by atoms with Gasteiger partial charge in [0, 0.05) is 17.2 Å². The Balaban J connectivity index is 2.65. The topological polar surface area (TPSA) is 64.8 Å². The quantitative estimate of drug-likeness (QED) is 0.788. The molecule has 0 saturated carbocycles. The molecular formula is C11H13Cl2N3O2S2. The van der Waals surface area contributed by atoms with Gasteiger partial charge in [-0.1, -0.05) is 25.4 Å². The molecule has 0 N–H and O–H groups in total. The number of thiophene rings is 1. The van der Waals surface area contributed by atoms with E-state index in [2.05, 4.69) is 10.2 Å². The third-order valence-corrected chi connectivity index (χ3v) is 5.43. The predicted octanol–water partition coefficient (Wildman–Crippen LogP) is 3.55. The van der Waals surface area contributed by atoms with Crippen LogP contribution in [0.2, 0.25) is 5.02 Å². The molecule has 0 amide bonds. The van der Waals surface area contributed by atoms with E-state index in [1.165, 1.54) is 15.9 Å². The summed E-state index contributed by atoms with van der Waals surface area (Å²) in [5.41, 5.74) is 0.918. The molecule has 0 saturated heterocycles. The van der Waals surface area contributed by atoms with Gasteiger partial charge in [-0.3, -0.25) is 4.57 Å². The second kappa shape index (κ2) is 5.63. The summed E-state index contributed by atoms with van der Waals surface area (Å²) in [6.45, 7) is 6.26. The van der Waals surface area contributed by atoms with Crippen LogP contribution in [0.5, 0.6) is 0 Å². The molecule has 0 spiro atoms. The average molecular weight is 354 g/mol. The maximum atomic E-state index is 11.6. The van der Waals surface area contributed by atoms with Crippen LogP contribution in [0.25, 0.3) is 10.7 Å². The van der Waals surface area contributed by atoms with Gasteiger partial charge in [-0.2, -0.15) is 0 Å². The van der Waals surface area contributed by atoms with Crippen molar-refractivity contribution in [3.05, 3.63) is 16.0 Å². The minimum absolute atomic E-state index is 0.210. The van der Waals surface area contributed by atoms with Crippen LogP contribution in [0.15, 0.2) is 10.5 Å². The Labute approximate surface area is 131 Å². The van der Waals surface area contributed by atoms with Crippen molar-refractivity contribution < 1.29 is 8.42 Å². The fourth-order valence-electron chi connectivity index (χ4n) is 1.75. The van der Waals surface area contributed by atoms with Crippen LogP contribution >= 0.6 is 33.6 Å². The summed E-state index contributed by atoms with van der Waals surface area (Å²) < 4.78 is 24.7. The van der Waals surface area contributed by atoms with E-state index in [4.69, 9.17) is 22.3 Å². The molecule has 20 heavy (non-hydrogen) atoms. The molecule has 2 rings (SSSR count). The van der Waals surface area contributed by atoms with Crippen molar-refractivity contribution in [3.63, 3.8) is 0 Å². The molecule has 0 fully saturated rings. The highest BCUT2D eigenvalue weighted by Crippen LogP contribution is 2.36. The molecule has 0 aliphatic rings. The van der Waals surface area contributed by atoms with Crippen LogP contribution in [0.4, 0.5) is 0 Å². The zero-order chi connectivity index (χ0) is 15.1. The van der Waals surface area contributed by atoms with Gasteiger partial charge in [-0.25, -0.2) is 8.42 Å². The highest BCUT2D eigenvalue weighted by molar-refractivity contribution is 8.13. The third kappa shape index (κ3) is 3.00. The first kappa shape index (κ1) is 15.8. The number of hydrogen-bond acceptors (Lipinski definition) is 5. The summed E-state index contributed by atoms with van der Waals surface area (Å²) >= 11 is 7.62. The van der Waals surface area contributed by atoms with E-state index < -0.39 is 9.05 Å². The molecular weight excluding hydrogens is 341 g/mol. The zero-order valence-electron chi connectivity index (χ0n) is 11.1. The van der Waals surface area contributed by atoms with E-state index >= 15 is 0 Å². The second-order valence-electron chi connectivity index (χ2n) is 4.81. The van der Waals surface area contributed by atoms with Gasteiger partial charge in [0.1, 0.15) is 0 Å². The Morgan fingerprint density at radius 1 is 1.40 bits per heavy atom. The normalized spacial score (nSPS) is 12.3. The Kier molecular flexibility index (Phi) is 4.44. The van der Waals surface area contributed by atoms with Gasteiger partial charge in [0.15, 0.2) is 5.82 Å². The first-order valence-corrected chi connectivity index (χ1v) is 9.40. The highest BCUT2D eigenvalue weighted by atomic mass is 35.7. The van der Waals surface area contributed by atoms with E-state index in [0.29, 0.717) is 22.3 Å². The lowest BCUT2D eigenvalue weighted by Crippen LogP contribution is -2.11. The number of aryl methyl sites for hydroxylation is 1. The Bertz CT molecular complexity index is 735. The van der Waals surface area contributed by atoms with Crippen LogP contribution in [0.3, 0.4) is 0 Å². The molecule has 0 radical (unpaired) electrons. The van der Waals surface area contributed by atoms with Crippen LogP contribution in [-0.2, 0) is 15.6 Å². The van der Waals surface area contributed by atoms with Crippen molar-refractivity contribution >= 4 is 42.7 Å². The summed E-state index contributed by atoms with van der Waals surface area (Å²) in [4.78, 5) is 0.698. The molecule has 9 heteroatoms. The van der Waals surface area contributed by atoms with Crippen LogP contribution in [-0.4, -0.2) is 23.2 Å². The first-order valence-electron chi connectivity index (χ1n) is 5.83. The molecule has 0 aromatic carbocycles. The maximum absolute atomic E-state index is 11.6. The monoisotopic (exact) mass is 353 g/mol. The molecule has 110 valence electrons. The minimum Gasteiger partial charge on any atom is -0.296 e. The molecule has 0 aliphatic carbocycles. The van der Waals surface area contributed by atoms with Gasteiger partial charge in [-0.15, -0.1) is 21.5 Å². The molecule has 2 aromatic heterocycles. The summed E-state index contributed by atoms with van der Waals surface area (Å²) in [7, 11) is 1.46. The number of hydrogen-bond donors (Lipinski definition) is 0. The summed E-state index contributed by atoms with van der Waals surface area (Å²) in [6, 6.07) is 0. The number of aromatic nitrogens is 3. The largest absolute Gasteiger partial charge is 0.296 e. The number of halogens is 2. The van der Waals surface area contributed by atoms with Gasteiger partial charge < -0.3 is 0 Å². The molecule has 2 aromatic rings. The molecule has 2 heterocycles. The number of nitrogens with zero attached hydrogens (tertiary/aromatic N) is 3. The van der Waals surface area contributed by atoms with Gasteiger partial charge >= 0.3 is 0 Å². The lowest BCUT2D eigenvalue weighted by molar-refractivity contribution is 0.489. The van der Waals surface area contributed by atoms with Crippen molar-refractivity contribution in [2.75, 3.05) is 0 Å². The van der Waals surface area contributed by atoms with Crippen LogP contribution in [0, 0.1) is 12.8 Å². The minimum atomic E-state index is -3.95. The first-order chi connectivity index (χ1) is 9.21. The molecule has 5 nitrogen and oxygen atoms in total. The van der Waals surface area contributed by atoms with Crippen molar-refractivity contribution in [1.82, 2.24) is 14.8 Å². The Hall–Kier alpha value is -0.630. The summed E-state index contributed by atoms with van der Waals surface area (Å²) in [6.07, 6.45) is 0. The van der Waals surface area contributed by atoms with E-state index in [9.17, 15) is 8.42 Å². The fraction of sp³-hybridized carbons (Fsp3) is 0.455. The summed E-state index contributed by atoms with van der Waals surface area (Å²) in [5.74, 6) is 0.641. The van der Waals surface area contributed by atoms with Gasteiger partial charge in [0.25, 0.3) is 14.2 Å². The molecule has 0 aliphatic heterocycles. The van der Waals surface area contributed by atoms with Crippen molar-refractivity contribution in [2.45, 2.75) is 32.5 Å². The standard InChI is InChI=1S/C11H13Cl2N3O2S2/c1-6(2)4-16-10(9-8(12)7(3)5-19-9)14-15-11(16)20(13,17)18/h5-6H,4H2,1-3H3. The smallest absolute Gasteiger partial charge is 0.296 e. The van der Waals surface area contributed by atoms with Crippen LogP contribution in [0.1, 0.15) is 19.4 Å². The fourth-order valence-corrected chi connectivity index (χ4v) is 3.92. The molecule has 0 bridgehead atoms. The number of rotatable bonds is 4. The maximum Gasteiger partial charge on any atom is 0.296 e. The van der Waals surface area contributed by atoms with Crippen molar-refractivity contribution in [2.24, 2.45) is 5.92 Å². The van der Waals surface area contributed by atoms with E-state index in [0.717, 1.165) is 5.56 Å². The van der Waals surface area contributed by atoms with Gasteiger partial charge in [0.05, 0.1) is 9.90 Å². The van der Waals surface area contributed by atoms with E-state index in [1.54, 1.807) is 0 Å². The van der Waals surface area contributed by atoms with Gasteiger partial charge in [0.2, 0.25) is 0 Å². The lowest BCUT2D eigenvalue weighted by atomic mass is 10.2. The average Bonchev–Trinajstić information content (AvgIpc) is 2.83. The second-order valence-corrected chi connectivity index (χ2v) is 8.53. The predicted molar refractivity (Wildman–Crippen MR) is 81.0 cm³/mol. The zero-order valence-corrected chi connectivity index (χ0v) is 14.2. The molecule has 0 unspecified atom stereocenters.